The van der Waals surface area contributed by atoms with Gasteiger partial charge in [-0.25, -0.2) is 4.79 Å². The third-order valence-corrected chi connectivity index (χ3v) is 3.39. The van der Waals surface area contributed by atoms with E-state index in [1.54, 1.807) is 0 Å². The van der Waals surface area contributed by atoms with Crippen molar-refractivity contribution in [3.05, 3.63) is 29.8 Å². The summed E-state index contributed by atoms with van der Waals surface area (Å²) in [6.45, 7) is 8.33. The molecule has 112 valence electrons. The molecule has 0 radical (unpaired) electrons. The molecule has 0 aliphatic heterocycles. The van der Waals surface area contributed by atoms with Crippen molar-refractivity contribution in [2.75, 3.05) is 11.9 Å². The first-order chi connectivity index (χ1) is 9.45. The lowest BCUT2D eigenvalue weighted by Gasteiger charge is -2.22. The van der Waals surface area contributed by atoms with Crippen LogP contribution in [0.3, 0.4) is 0 Å². The standard InChI is InChI=1S/C16H26N2O2/c1-11(2)13-7-5-6-8-15(13)18-16(20)17-14(9-10-19)12(3)4/h5-8,11-12,14,19H,9-10H2,1-4H3,(H2,17,18,20). The number of hydrogen-bond acceptors (Lipinski definition) is 2. The number of anilines is 1. The first kappa shape index (κ1) is 16.5. The van der Waals surface area contributed by atoms with Crippen molar-refractivity contribution in [1.82, 2.24) is 5.32 Å². The Bertz CT molecular complexity index is 430. The molecule has 1 rings (SSSR count). The van der Waals surface area contributed by atoms with Crippen LogP contribution in [0.1, 0.15) is 45.6 Å². The maximum Gasteiger partial charge on any atom is 0.319 e. The highest BCUT2D eigenvalue weighted by Crippen LogP contribution is 2.23. The summed E-state index contributed by atoms with van der Waals surface area (Å²) in [5.74, 6) is 0.637. The number of aliphatic hydroxyl groups excluding tert-OH is 1. The highest BCUT2D eigenvalue weighted by molar-refractivity contribution is 5.90. The van der Waals surface area contributed by atoms with Gasteiger partial charge in [-0.05, 0) is 29.9 Å². The van der Waals surface area contributed by atoms with Crippen molar-refractivity contribution in [2.24, 2.45) is 5.92 Å². The van der Waals surface area contributed by atoms with Crippen molar-refractivity contribution >= 4 is 11.7 Å². The largest absolute Gasteiger partial charge is 0.396 e. The minimum absolute atomic E-state index is 0.0220. The van der Waals surface area contributed by atoms with E-state index in [9.17, 15) is 4.79 Å². The molecule has 4 heteroatoms. The van der Waals surface area contributed by atoms with E-state index in [0.29, 0.717) is 12.3 Å². The van der Waals surface area contributed by atoms with Crippen LogP contribution in [0.15, 0.2) is 24.3 Å². The second-order valence-corrected chi connectivity index (χ2v) is 5.70. The van der Waals surface area contributed by atoms with Gasteiger partial charge >= 0.3 is 6.03 Å². The van der Waals surface area contributed by atoms with E-state index >= 15 is 0 Å². The van der Waals surface area contributed by atoms with Gasteiger partial charge in [0.1, 0.15) is 0 Å². The highest BCUT2D eigenvalue weighted by atomic mass is 16.3. The minimum atomic E-state index is -0.217. The lowest BCUT2D eigenvalue weighted by atomic mass is 10.0. The molecule has 1 atom stereocenters. The molecule has 0 aromatic heterocycles. The average molecular weight is 278 g/mol. The Morgan fingerprint density at radius 2 is 1.85 bits per heavy atom. The van der Waals surface area contributed by atoms with Gasteiger partial charge in [0.25, 0.3) is 0 Å². The third kappa shape index (κ3) is 4.85. The number of hydrogen-bond donors (Lipinski definition) is 3. The molecule has 0 aliphatic carbocycles. The Morgan fingerprint density at radius 3 is 2.40 bits per heavy atom. The molecule has 3 N–H and O–H groups in total. The van der Waals surface area contributed by atoms with Crippen molar-refractivity contribution in [1.29, 1.82) is 0 Å². The number of benzene rings is 1. The molecule has 0 fully saturated rings. The highest BCUT2D eigenvalue weighted by Gasteiger charge is 2.16. The van der Waals surface area contributed by atoms with Crippen molar-refractivity contribution < 1.29 is 9.90 Å². The fourth-order valence-corrected chi connectivity index (χ4v) is 2.15. The zero-order valence-electron chi connectivity index (χ0n) is 12.8. The molecule has 20 heavy (non-hydrogen) atoms. The van der Waals surface area contributed by atoms with Crippen LogP contribution in [0.5, 0.6) is 0 Å². The zero-order chi connectivity index (χ0) is 15.1. The van der Waals surface area contributed by atoms with E-state index in [1.807, 2.05) is 38.1 Å². The van der Waals surface area contributed by atoms with Crippen molar-refractivity contribution in [3.8, 4) is 0 Å². The predicted octanol–water partition coefficient (Wildman–Crippen LogP) is 3.34. The number of carbonyl (C=O) groups excluding carboxylic acids is 1. The van der Waals surface area contributed by atoms with Crippen LogP contribution < -0.4 is 10.6 Å². The third-order valence-electron chi connectivity index (χ3n) is 3.39. The van der Waals surface area contributed by atoms with E-state index in [2.05, 4.69) is 24.5 Å². The van der Waals surface area contributed by atoms with Gasteiger partial charge in [0.05, 0.1) is 0 Å². The predicted molar refractivity (Wildman–Crippen MR) is 83.0 cm³/mol. The van der Waals surface area contributed by atoms with Crippen molar-refractivity contribution in [2.45, 2.75) is 46.1 Å². The summed E-state index contributed by atoms with van der Waals surface area (Å²) in [6.07, 6.45) is 0.566. The number of amides is 2. The molecular formula is C16H26N2O2. The van der Waals surface area contributed by atoms with E-state index in [4.69, 9.17) is 5.11 Å². The SMILES string of the molecule is CC(C)c1ccccc1NC(=O)NC(CCO)C(C)C. The van der Waals surface area contributed by atoms with Crippen LogP contribution in [-0.4, -0.2) is 23.8 Å². The summed E-state index contributed by atoms with van der Waals surface area (Å²) < 4.78 is 0. The van der Waals surface area contributed by atoms with Crippen LogP contribution in [0.2, 0.25) is 0 Å². The molecule has 0 heterocycles. The topological polar surface area (TPSA) is 61.4 Å². The average Bonchev–Trinajstić information content (AvgIpc) is 2.38. The summed E-state index contributed by atoms with van der Waals surface area (Å²) >= 11 is 0. The first-order valence-electron chi connectivity index (χ1n) is 7.23. The van der Waals surface area contributed by atoms with Crippen LogP contribution in [0.4, 0.5) is 10.5 Å². The summed E-state index contributed by atoms with van der Waals surface area (Å²) in [6, 6.07) is 7.58. The number of urea groups is 1. The summed E-state index contributed by atoms with van der Waals surface area (Å²) in [7, 11) is 0. The van der Waals surface area contributed by atoms with Crippen LogP contribution in [0.25, 0.3) is 0 Å². The smallest absolute Gasteiger partial charge is 0.319 e. The van der Waals surface area contributed by atoms with Gasteiger partial charge in [-0.3, -0.25) is 0 Å². The number of rotatable bonds is 6. The fraction of sp³-hybridized carbons (Fsp3) is 0.562. The number of nitrogens with one attached hydrogen (secondary N) is 2. The normalized spacial score (nSPS) is 12.6. The number of aliphatic hydroxyl groups is 1. The zero-order valence-corrected chi connectivity index (χ0v) is 12.8. The number of para-hydroxylation sites is 1. The second kappa shape index (κ2) is 7.90. The molecule has 1 unspecified atom stereocenters. The van der Waals surface area contributed by atoms with Gasteiger partial charge in [-0.15, -0.1) is 0 Å². The Labute approximate surface area is 121 Å². The first-order valence-corrected chi connectivity index (χ1v) is 7.23. The molecule has 0 bridgehead atoms. The summed E-state index contributed by atoms with van der Waals surface area (Å²) in [4.78, 5) is 12.1. The summed E-state index contributed by atoms with van der Waals surface area (Å²) in [5.41, 5.74) is 1.96. The monoisotopic (exact) mass is 278 g/mol. The van der Waals surface area contributed by atoms with Crippen molar-refractivity contribution in [3.63, 3.8) is 0 Å². The van der Waals surface area contributed by atoms with Crippen LogP contribution in [0, 0.1) is 5.92 Å². The Kier molecular flexibility index (Phi) is 6.52. The molecule has 2 amide bonds. The molecule has 0 saturated carbocycles. The fourth-order valence-electron chi connectivity index (χ4n) is 2.15. The Morgan fingerprint density at radius 1 is 1.20 bits per heavy atom. The molecule has 4 nitrogen and oxygen atoms in total. The Hall–Kier alpha value is -1.55. The van der Waals surface area contributed by atoms with Gasteiger partial charge in [-0.1, -0.05) is 45.9 Å². The van der Waals surface area contributed by atoms with Gasteiger partial charge < -0.3 is 15.7 Å². The quantitative estimate of drug-likeness (QED) is 0.747. The van der Waals surface area contributed by atoms with E-state index in [1.165, 1.54) is 0 Å². The maximum absolute atomic E-state index is 12.1. The molecule has 0 spiro atoms. The van der Waals surface area contributed by atoms with E-state index < -0.39 is 0 Å². The number of carbonyl (C=O) groups is 1. The van der Waals surface area contributed by atoms with Gasteiger partial charge in [0, 0.05) is 18.3 Å². The second-order valence-electron chi connectivity index (χ2n) is 5.70. The molecule has 1 aromatic rings. The van der Waals surface area contributed by atoms with Gasteiger partial charge in [0.15, 0.2) is 0 Å². The lowest BCUT2D eigenvalue weighted by molar-refractivity contribution is 0.227. The molecule has 1 aromatic carbocycles. The molecule has 0 saturated heterocycles. The molecular weight excluding hydrogens is 252 g/mol. The molecule has 0 aliphatic rings. The minimum Gasteiger partial charge on any atom is -0.396 e. The summed E-state index contributed by atoms with van der Waals surface area (Å²) in [5, 5.41) is 14.9. The maximum atomic E-state index is 12.1. The van der Waals surface area contributed by atoms with E-state index in [0.717, 1.165) is 11.3 Å². The van der Waals surface area contributed by atoms with Crippen LogP contribution >= 0.6 is 0 Å². The lowest BCUT2D eigenvalue weighted by Crippen LogP contribution is -2.41. The van der Waals surface area contributed by atoms with Gasteiger partial charge in [-0.2, -0.15) is 0 Å². The van der Waals surface area contributed by atoms with E-state index in [-0.39, 0.29) is 24.6 Å². The Balaban J connectivity index is 2.71. The van der Waals surface area contributed by atoms with Crippen LogP contribution in [-0.2, 0) is 0 Å². The van der Waals surface area contributed by atoms with Gasteiger partial charge in [0.2, 0.25) is 0 Å².